The van der Waals surface area contributed by atoms with Gasteiger partial charge in [-0.1, -0.05) is 96.0 Å². The molecule has 0 N–H and O–H groups in total. The highest BCUT2D eigenvalue weighted by Crippen LogP contribution is 2.72. The van der Waals surface area contributed by atoms with Crippen LogP contribution in [0.2, 0.25) is 0 Å². The number of halogens is 2. The highest BCUT2D eigenvalue weighted by molar-refractivity contribution is 7.99. The van der Waals surface area contributed by atoms with Gasteiger partial charge in [0, 0.05) is 10.1 Å². The molecule has 0 aliphatic carbocycles. The maximum Gasteiger partial charge on any atom is 0.219 e. The van der Waals surface area contributed by atoms with Crippen molar-refractivity contribution in [3.63, 3.8) is 0 Å². The van der Waals surface area contributed by atoms with E-state index in [0.717, 1.165) is 12.1 Å². The maximum absolute atomic E-state index is 6.94. The summed E-state index contributed by atoms with van der Waals surface area (Å²) < 4.78 is -0.946. The van der Waals surface area contributed by atoms with Crippen molar-refractivity contribution in [2.75, 3.05) is 4.90 Å². The van der Waals surface area contributed by atoms with Crippen molar-refractivity contribution in [1.82, 2.24) is 0 Å². The summed E-state index contributed by atoms with van der Waals surface area (Å²) in [5.74, 6) is 0. The molecule has 130 valence electrons. The minimum absolute atomic E-state index is 0.280. The van der Waals surface area contributed by atoms with Gasteiger partial charge in [-0.15, -0.1) is 11.8 Å². The molecule has 3 aromatic rings. The van der Waals surface area contributed by atoms with E-state index in [4.69, 9.17) is 23.2 Å². The second-order valence-corrected chi connectivity index (χ2v) is 9.32. The summed E-state index contributed by atoms with van der Waals surface area (Å²) in [7, 11) is 0. The number of para-hydroxylation sites is 1. The van der Waals surface area contributed by atoms with Gasteiger partial charge in [0.2, 0.25) is 4.46 Å². The fourth-order valence-electron chi connectivity index (χ4n) is 4.11. The average Bonchev–Trinajstić information content (AvgIpc) is 3.24. The van der Waals surface area contributed by atoms with Crippen LogP contribution < -0.4 is 4.90 Å². The van der Waals surface area contributed by atoms with Gasteiger partial charge in [-0.25, -0.2) is 0 Å². The van der Waals surface area contributed by atoms with Crippen LogP contribution in [-0.4, -0.2) is 4.46 Å². The molecule has 2 unspecified atom stereocenters. The number of fused-ring (bicyclic) bond motifs is 3. The van der Waals surface area contributed by atoms with Gasteiger partial charge in [0.1, 0.15) is 5.54 Å². The van der Waals surface area contributed by atoms with E-state index in [9.17, 15) is 0 Å². The summed E-state index contributed by atoms with van der Waals surface area (Å²) in [6.45, 7) is 0. The first-order chi connectivity index (χ1) is 12.6. The van der Waals surface area contributed by atoms with Crippen molar-refractivity contribution in [2.24, 2.45) is 0 Å². The lowest BCUT2D eigenvalue weighted by Gasteiger charge is -2.22. The maximum atomic E-state index is 6.94. The molecule has 3 aromatic carbocycles. The fourth-order valence-corrected chi connectivity index (χ4v) is 6.40. The van der Waals surface area contributed by atoms with Crippen molar-refractivity contribution in [1.29, 1.82) is 0 Å². The van der Waals surface area contributed by atoms with Crippen molar-refractivity contribution < 1.29 is 0 Å². The van der Waals surface area contributed by atoms with E-state index in [2.05, 4.69) is 83.8 Å². The van der Waals surface area contributed by atoms with Crippen LogP contribution in [-0.2, 0) is 5.54 Å². The number of hydrogen-bond acceptors (Lipinski definition) is 2. The Kier molecular flexibility index (Phi) is 3.79. The van der Waals surface area contributed by atoms with E-state index in [1.54, 1.807) is 0 Å². The molecular formula is C22H17Cl2NS. The van der Waals surface area contributed by atoms with Crippen LogP contribution in [0.15, 0.2) is 89.8 Å². The molecule has 26 heavy (non-hydrogen) atoms. The summed E-state index contributed by atoms with van der Waals surface area (Å²) in [6, 6.07) is 29.5. The van der Waals surface area contributed by atoms with E-state index in [1.165, 1.54) is 16.0 Å². The normalized spacial score (nSPS) is 25.8. The van der Waals surface area contributed by atoms with Crippen LogP contribution in [0.3, 0.4) is 0 Å². The molecule has 2 aliphatic heterocycles. The van der Waals surface area contributed by atoms with Crippen molar-refractivity contribution >= 4 is 40.7 Å². The number of rotatable bonds is 2. The van der Waals surface area contributed by atoms with Crippen LogP contribution in [0, 0.1) is 0 Å². The molecule has 0 amide bonds. The molecule has 2 atom stereocenters. The van der Waals surface area contributed by atoms with Gasteiger partial charge in [-0.05, 0) is 29.7 Å². The van der Waals surface area contributed by atoms with E-state index in [-0.39, 0.29) is 5.25 Å². The van der Waals surface area contributed by atoms with E-state index in [0.29, 0.717) is 0 Å². The van der Waals surface area contributed by atoms with Gasteiger partial charge in [0.05, 0.1) is 5.69 Å². The van der Waals surface area contributed by atoms with Crippen molar-refractivity contribution in [2.45, 2.75) is 26.6 Å². The van der Waals surface area contributed by atoms with Gasteiger partial charge in [0.15, 0.2) is 0 Å². The van der Waals surface area contributed by atoms with Gasteiger partial charge in [-0.3, -0.25) is 0 Å². The summed E-state index contributed by atoms with van der Waals surface area (Å²) in [5.41, 5.74) is 3.17. The monoisotopic (exact) mass is 397 g/mol. The Bertz CT molecular complexity index is 945. The van der Waals surface area contributed by atoms with Gasteiger partial charge in [0.25, 0.3) is 0 Å². The quantitative estimate of drug-likeness (QED) is 0.266. The molecule has 1 fully saturated rings. The molecule has 1 nitrogen and oxygen atoms in total. The molecule has 4 heteroatoms. The van der Waals surface area contributed by atoms with E-state index >= 15 is 0 Å². The molecule has 0 radical (unpaired) electrons. The lowest BCUT2D eigenvalue weighted by Crippen LogP contribution is -2.19. The van der Waals surface area contributed by atoms with Crippen LogP contribution >= 0.6 is 35.0 Å². The summed E-state index contributed by atoms with van der Waals surface area (Å²) in [5, 5.41) is 0.280. The first-order valence-electron chi connectivity index (χ1n) is 8.69. The van der Waals surface area contributed by atoms with E-state index < -0.39 is 10.00 Å². The molecule has 2 heterocycles. The molecule has 1 saturated heterocycles. The van der Waals surface area contributed by atoms with Gasteiger partial charge < -0.3 is 4.90 Å². The highest BCUT2D eigenvalue weighted by Gasteiger charge is 2.76. The largest absolute Gasteiger partial charge is 0.322 e. The summed E-state index contributed by atoms with van der Waals surface area (Å²) in [4.78, 5) is 3.41. The predicted octanol–water partition coefficient (Wildman–Crippen LogP) is 6.77. The zero-order chi connectivity index (χ0) is 17.8. The van der Waals surface area contributed by atoms with E-state index in [1.807, 2.05) is 17.8 Å². The third kappa shape index (κ3) is 2.26. The van der Waals surface area contributed by atoms with Crippen LogP contribution in [0.4, 0.5) is 5.69 Å². The summed E-state index contributed by atoms with van der Waals surface area (Å²) in [6.07, 6.45) is 0.855. The second-order valence-electron chi connectivity index (χ2n) is 6.79. The number of thioether (sulfide) groups is 1. The first kappa shape index (κ1) is 16.6. The Morgan fingerprint density at radius 1 is 0.808 bits per heavy atom. The first-order valence-corrected chi connectivity index (χ1v) is 10.3. The minimum atomic E-state index is -0.946. The molecule has 5 rings (SSSR count). The zero-order valence-electron chi connectivity index (χ0n) is 14.0. The molecule has 0 saturated carbocycles. The minimum Gasteiger partial charge on any atom is -0.322 e. The van der Waals surface area contributed by atoms with Gasteiger partial charge >= 0.3 is 0 Å². The number of benzene rings is 3. The number of nitrogens with zero attached hydrogens (tertiary/aromatic N) is 1. The second kappa shape index (κ2) is 5.95. The standard InChI is InChI=1S/C22H17Cl2NS/c23-22(24)21(17-11-5-2-6-12-17)15-20(16-9-3-1-4-10-16)26-19-14-8-7-13-18(19)25(21)22/h1-14,20H,15H2. The van der Waals surface area contributed by atoms with Crippen LogP contribution in [0.25, 0.3) is 0 Å². The molecule has 0 spiro atoms. The third-order valence-electron chi connectivity index (χ3n) is 5.39. The van der Waals surface area contributed by atoms with Crippen molar-refractivity contribution in [3.8, 4) is 0 Å². The fraction of sp³-hybridized carbons (Fsp3) is 0.182. The molecule has 0 bridgehead atoms. The smallest absolute Gasteiger partial charge is 0.219 e. The topological polar surface area (TPSA) is 3.01 Å². The Morgan fingerprint density at radius 2 is 1.42 bits per heavy atom. The van der Waals surface area contributed by atoms with Crippen LogP contribution in [0.1, 0.15) is 22.8 Å². The molecular weight excluding hydrogens is 381 g/mol. The van der Waals surface area contributed by atoms with Crippen LogP contribution in [0.5, 0.6) is 0 Å². The zero-order valence-corrected chi connectivity index (χ0v) is 16.3. The van der Waals surface area contributed by atoms with Gasteiger partial charge in [-0.2, -0.15) is 0 Å². The summed E-state index contributed by atoms with van der Waals surface area (Å²) >= 11 is 15.8. The predicted molar refractivity (Wildman–Crippen MR) is 111 cm³/mol. The van der Waals surface area contributed by atoms with Crippen molar-refractivity contribution in [3.05, 3.63) is 96.1 Å². The number of alkyl halides is 2. The Morgan fingerprint density at radius 3 is 2.15 bits per heavy atom. The Hall–Kier alpha value is -1.61. The SMILES string of the molecule is ClC1(Cl)N2c3ccccc3SC(c3ccccc3)CC21c1ccccc1. The lowest BCUT2D eigenvalue weighted by molar-refractivity contribution is 0.605. The average molecular weight is 398 g/mol. The number of anilines is 1. The third-order valence-corrected chi connectivity index (χ3v) is 7.67. The number of hydrogen-bond donors (Lipinski definition) is 0. The Balaban J connectivity index is 1.71. The Labute approximate surface area is 167 Å². The molecule has 2 aliphatic rings. The molecule has 0 aromatic heterocycles. The lowest BCUT2D eigenvalue weighted by atomic mass is 9.91. The highest BCUT2D eigenvalue weighted by atomic mass is 35.5.